The summed E-state index contributed by atoms with van der Waals surface area (Å²) in [6.07, 6.45) is 4.78. The van der Waals surface area contributed by atoms with Crippen LogP contribution in [0.15, 0.2) is 42.9 Å². The predicted octanol–water partition coefficient (Wildman–Crippen LogP) is 2.87. The minimum absolute atomic E-state index is 0.0118. The molecule has 0 bridgehead atoms. The van der Waals surface area contributed by atoms with E-state index in [9.17, 15) is 4.79 Å². The molecule has 0 amide bonds. The van der Waals surface area contributed by atoms with Gasteiger partial charge in [-0.05, 0) is 18.2 Å². The van der Waals surface area contributed by atoms with E-state index in [0.717, 1.165) is 0 Å². The molecule has 0 aliphatic heterocycles. The van der Waals surface area contributed by atoms with E-state index in [1.54, 1.807) is 23.0 Å². The minimum Gasteiger partial charge on any atom is -0.478 e. The number of nitrogens with zero attached hydrogens (tertiary/aromatic N) is 3. The number of ether oxygens (including phenoxy) is 1. The number of aromatic nitrogens is 3. The van der Waals surface area contributed by atoms with Crippen LogP contribution < -0.4 is 4.74 Å². The summed E-state index contributed by atoms with van der Waals surface area (Å²) < 4.78 is 7.16. The van der Waals surface area contributed by atoms with Crippen molar-refractivity contribution in [3.8, 4) is 11.6 Å². The largest absolute Gasteiger partial charge is 0.478 e. The third kappa shape index (κ3) is 2.17. The normalized spacial score (nSPS) is 10.7. The van der Waals surface area contributed by atoms with Gasteiger partial charge in [-0.2, -0.15) is 5.10 Å². The first-order valence-corrected chi connectivity index (χ1v) is 6.02. The Morgan fingerprint density at radius 3 is 2.95 bits per heavy atom. The molecule has 100 valence electrons. The molecule has 0 saturated carbocycles. The van der Waals surface area contributed by atoms with Crippen LogP contribution in [0.4, 0.5) is 0 Å². The third-order valence-corrected chi connectivity index (χ3v) is 2.90. The van der Waals surface area contributed by atoms with E-state index in [1.165, 1.54) is 24.4 Å². The molecule has 2 heterocycles. The maximum Gasteiger partial charge on any atom is 0.339 e. The molecule has 0 saturated heterocycles. The van der Waals surface area contributed by atoms with Gasteiger partial charge in [0.15, 0.2) is 0 Å². The molecule has 3 rings (SSSR count). The van der Waals surface area contributed by atoms with Crippen molar-refractivity contribution in [2.24, 2.45) is 0 Å². The van der Waals surface area contributed by atoms with Crippen LogP contribution in [0.3, 0.4) is 0 Å². The second-order valence-electron chi connectivity index (χ2n) is 3.94. The zero-order chi connectivity index (χ0) is 14.1. The van der Waals surface area contributed by atoms with Crippen molar-refractivity contribution in [2.75, 3.05) is 0 Å². The van der Waals surface area contributed by atoms with Crippen LogP contribution >= 0.6 is 11.6 Å². The molecule has 2 aromatic heterocycles. The molecular formula is C13H8ClN3O3. The lowest BCUT2D eigenvalue weighted by molar-refractivity contribution is 0.0694. The Hall–Kier alpha value is -2.60. The summed E-state index contributed by atoms with van der Waals surface area (Å²) in [4.78, 5) is 15.3. The number of aromatic carboxylic acids is 1. The monoisotopic (exact) mass is 289 g/mol. The van der Waals surface area contributed by atoms with Crippen molar-refractivity contribution in [1.82, 2.24) is 14.6 Å². The molecule has 0 spiro atoms. The fourth-order valence-electron chi connectivity index (χ4n) is 1.77. The van der Waals surface area contributed by atoms with Gasteiger partial charge in [-0.25, -0.2) is 14.3 Å². The van der Waals surface area contributed by atoms with Gasteiger partial charge in [0, 0.05) is 23.5 Å². The highest BCUT2D eigenvalue weighted by Gasteiger charge is 2.14. The van der Waals surface area contributed by atoms with Gasteiger partial charge in [-0.15, -0.1) is 0 Å². The lowest BCUT2D eigenvalue weighted by atomic mass is 10.2. The first kappa shape index (κ1) is 12.4. The van der Waals surface area contributed by atoms with Gasteiger partial charge in [0.1, 0.15) is 16.8 Å². The predicted molar refractivity (Wildman–Crippen MR) is 71.5 cm³/mol. The number of hydrogen-bond donors (Lipinski definition) is 1. The average Bonchev–Trinajstić information content (AvgIpc) is 2.88. The molecule has 0 fully saturated rings. The second-order valence-corrected chi connectivity index (χ2v) is 4.38. The van der Waals surface area contributed by atoms with Crippen molar-refractivity contribution in [3.63, 3.8) is 0 Å². The van der Waals surface area contributed by atoms with Gasteiger partial charge >= 0.3 is 5.97 Å². The highest BCUT2D eigenvalue weighted by molar-refractivity contribution is 6.30. The molecule has 3 aromatic rings. The summed E-state index contributed by atoms with van der Waals surface area (Å²) in [7, 11) is 0. The van der Waals surface area contributed by atoms with E-state index in [2.05, 4.69) is 10.1 Å². The van der Waals surface area contributed by atoms with Gasteiger partial charge in [-0.3, -0.25) is 0 Å². The Bertz CT molecular complexity index is 800. The minimum atomic E-state index is -1.10. The molecule has 0 aliphatic carbocycles. The van der Waals surface area contributed by atoms with Crippen molar-refractivity contribution < 1.29 is 14.6 Å². The molecule has 0 unspecified atom stereocenters. The van der Waals surface area contributed by atoms with Crippen molar-refractivity contribution in [2.45, 2.75) is 0 Å². The van der Waals surface area contributed by atoms with E-state index in [4.69, 9.17) is 21.4 Å². The highest BCUT2D eigenvalue weighted by Crippen LogP contribution is 2.29. The van der Waals surface area contributed by atoms with Gasteiger partial charge in [0.05, 0.1) is 6.20 Å². The summed E-state index contributed by atoms with van der Waals surface area (Å²) in [5.74, 6) is -0.710. The number of hydrogen-bond acceptors (Lipinski definition) is 4. The Balaban J connectivity index is 2.09. The van der Waals surface area contributed by atoms with E-state index in [0.29, 0.717) is 10.5 Å². The number of halogens is 1. The Morgan fingerprint density at radius 1 is 1.30 bits per heavy atom. The maximum atomic E-state index is 11.2. The van der Waals surface area contributed by atoms with Gasteiger partial charge < -0.3 is 9.84 Å². The Kier molecular flexibility index (Phi) is 3.00. The first-order chi connectivity index (χ1) is 9.65. The smallest absolute Gasteiger partial charge is 0.339 e. The molecule has 0 atom stereocenters. The number of carboxylic acids is 1. The van der Waals surface area contributed by atoms with Gasteiger partial charge in [0.2, 0.25) is 5.88 Å². The zero-order valence-corrected chi connectivity index (χ0v) is 10.8. The summed E-state index contributed by atoms with van der Waals surface area (Å²) in [5, 5.41) is 13.6. The number of benzene rings is 1. The van der Waals surface area contributed by atoms with Crippen LogP contribution in [0.2, 0.25) is 5.02 Å². The van der Waals surface area contributed by atoms with Crippen molar-refractivity contribution >= 4 is 23.1 Å². The van der Waals surface area contributed by atoms with Crippen molar-refractivity contribution in [1.29, 1.82) is 0 Å². The number of fused-ring (bicyclic) bond motifs is 1. The average molecular weight is 290 g/mol. The fourth-order valence-corrected chi connectivity index (χ4v) is 1.93. The zero-order valence-electron chi connectivity index (χ0n) is 10.0. The molecular weight excluding hydrogens is 282 g/mol. The summed E-state index contributed by atoms with van der Waals surface area (Å²) in [6, 6.07) is 6.03. The van der Waals surface area contributed by atoms with Crippen LogP contribution in [-0.4, -0.2) is 25.7 Å². The molecule has 0 radical (unpaired) electrons. The molecule has 7 heteroatoms. The topological polar surface area (TPSA) is 76.7 Å². The van der Waals surface area contributed by atoms with Crippen LogP contribution in [0, 0.1) is 0 Å². The van der Waals surface area contributed by atoms with Gasteiger partial charge in [0.25, 0.3) is 0 Å². The lowest BCUT2D eigenvalue weighted by Gasteiger charge is -2.09. The molecule has 1 N–H and O–H groups in total. The molecule has 1 aromatic carbocycles. The standard InChI is InChI=1S/C13H8ClN3O3/c14-8-1-2-9(13(18)19)11(7-8)20-12-10-3-4-16-17(10)6-5-15-12/h1-7H,(H,18,19). The van der Waals surface area contributed by atoms with E-state index in [-0.39, 0.29) is 17.2 Å². The maximum absolute atomic E-state index is 11.2. The third-order valence-electron chi connectivity index (χ3n) is 2.67. The second kappa shape index (κ2) is 4.82. The van der Waals surface area contributed by atoms with Crippen LogP contribution in [0.1, 0.15) is 10.4 Å². The quantitative estimate of drug-likeness (QED) is 0.802. The van der Waals surface area contributed by atoms with Crippen molar-refractivity contribution in [3.05, 3.63) is 53.4 Å². The summed E-state index contributed by atoms with van der Waals surface area (Å²) in [5.41, 5.74) is 0.640. The SMILES string of the molecule is O=C(O)c1ccc(Cl)cc1Oc1nccn2nccc12. The first-order valence-electron chi connectivity index (χ1n) is 5.64. The molecule has 6 nitrogen and oxygen atoms in total. The highest BCUT2D eigenvalue weighted by atomic mass is 35.5. The van der Waals surface area contributed by atoms with E-state index in [1.807, 2.05) is 0 Å². The number of rotatable bonds is 3. The molecule has 0 aliphatic rings. The Labute approximate surface area is 118 Å². The van der Waals surface area contributed by atoms with E-state index < -0.39 is 5.97 Å². The van der Waals surface area contributed by atoms with E-state index >= 15 is 0 Å². The fraction of sp³-hybridized carbons (Fsp3) is 0. The van der Waals surface area contributed by atoms with Crippen LogP contribution in [-0.2, 0) is 0 Å². The van der Waals surface area contributed by atoms with Gasteiger partial charge in [-0.1, -0.05) is 11.6 Å². The van der Waals surface area contributed by atoms with Crippen LogP contribution in [0.5, 0.6) is 11.6 Å². The summed E-state index contributed by atoms with van der Waals surface area (Å²) >= 11 is 5.87. The molecule has 20 heavy (non-hydrogen) atoms. The summed E-state index contributed by atoms with van der Waals surface area (Å²) in [6.45, 7) is 0. The Morgan fingerprint density at radius 2 is 2.15 bits per heavy atom. The van der Waals surface area contributed by atoms with Crippen LogP contribution in [0.25, 0.3) is 5.52 Å². The number of carbonyl (C=O) groups is 1. The lowest BCUT2D eigenvalue weighted by Crippen LogP contribution is -2.01. The number of carboxylic acid groups (broad SMARTS) is 1.